The molecule has 0 radical (unpaired) electrons. The molecule has 0 aromatic carbocycles. The fourth-order valence-corrected chi connectivity index (χ4v) is 0.487. The Balaban J connectivity index is 3.61. The standard InChI is InChI=1S/C6H12N4OS/c1-4(2)9-10-6(12)8-3-5(7)11/h3H2,1-2H3,(H2,7,11)(H2,8,10,12). The number of thiocarbonyl (C=S) groups is 1. The second kappa shape index (κ2) is 5.48. The van der Waals surface area contributed by atoms with Gasteiger partial charge in [-0.05, 0) is 26.1 Å². The van der Waals surface area contributed by atoms with Crippen LogP contribution in [0.1, 0.15) is 13.8 Å². The van der Waals surface area contributed by atoms with Gasteiger partial charge in [0, 0.05) is 5.71 Å². The van der Waals surface area contributed by atoms with E-state index < -0.39 is 5.91 Å². The van der Waals surface area contributed by atoms with E-state index in [1.807, 2.05) is 13.8 Å². The molecule has 0 aromatic heterocycles. The number of nitrogens with one attached hydrogen (secondary N) is 2. The number of hydrogen-bond donors (Lipinski definition) is 3. The van der Waals surface area contributed by atoms with E-state index in [0.717, 1.165) is 5.71 Å². The third-order valence-corrected chi connectivity index (χ3v) is 1.04. The van der Waals surface area contributed by atoms with Crippen molar-refractivity contribution in [2.24, 2.45) is 10.8 Å². The Morgan fingerprint density at radius 3 is 2.58 bits per heavy atom. The van der Waals surface area contributed by atoms with Crippen LogP contribution in [0.2, 0.25) is 0 Å². The summed E-state index contributed by atoms with van der Waals surface area (Å²) in [5.74, 6) is -0.462. The summed E-state index contributed by atoms with van der Waals surface area (Å²) in [6.07, 6.45) is 0. The number of hydrazone groups is 1. The minimum atomic E-state index is -0.462. The van der Waals surface area contributed by atoms with Gasteiger partial charge in [0.05, 0.1) is 6.54 Å². The maximum Gasteiger partial charge on any atom is 0.236 e. The maximum absolute atomic E-state index is 10.3. The van der Waals surface area contributed by atoms with Crippen LogP contribution >= 0.6 is 12.2 Å². The average molecular weight is 188 g/mol. The number of rotatable bonds is 3. The smallest absolute Gasteiger partial charge is 0.236 e. The summed E-state index contributed by atoms with van der Waals surface area (Å²) < 4.78 is 0. The highest BCUT2D eigenvalue weighted by molar-refractivity contribution is 7.80. The van der Waals surface area contributed by atoms with Gasteiger partial charge in [0.25, 0.3) is 0 Å². The van der Waals surface area contributed by atoms with Crippen LogP contribution in [0.5, 0.6) is 0 Å². The van der Waals surface area contributed by atoms with Crippen molar-refractivity contribution in [1.82, 2.24) is 10.7 Å². The lowest BCUT2D eigenvalue weighted by Gasteiger charge is -2.03. The molecule has 5 nitrogen and oxygen atoms in total. The SMILES string of the molecule is CC(C)=NNC(=S)NCC(N)=O. The van der Waals surface area contributed by atoms with E-state index in [9.17, 15) is 4.79 Å². The van der Waals surface area contributed by atoms with Gasteiger partial charge in [0.1, 0.15) is 0 Å². The summed E-state index contributed by atoms with van der Waals surface area (Å²) in [6.45, 7) is 3.66. The van der Waals surface area contributed by atoms with Crippen LogP contribution in [0.4, 0.5) is 0 Å². The van der Waals surface area contributed by atoms with Gasteiger partial charge in [-0.25, -0.2) is 0 Å². The Morgan fingerprint density at radius 2 is 2.17 bits per heavy atom. The molecule has 0 spiro atoms. The summed E-state index contributed by atoms with van der Waals surface area (Å²) >= 11 is 4.75. The number of primary amides is 1. The van der Waals surface area contributed by atoms with E-state index in [-0.39, 0.29) is 11.7 Å². The minimum absolute atomic E-state index is 0.0180. The number of carbonyl (C=O) groups is 1. The summed E-state index contributed by atoms with van der Waals surface area (Å²) in [5.41, 5.74) is 8.26. The van der Waals surface area contributed by atoms with E-state index in [1.54, 1.807) is 0 Å². The van der Waals surface area contributed by atoms with Crippen molar-refractivity contribution < 1.29 is 4.79 Å². The predicted molar refractivity (Wildman–Crippen MR) is 51.7 cm³/mol. The lowest BCUT2D eigenvalue weighted by atomic mass is 10.5. The molecule has 0 saturated heterocycles. The zero-order chi connectivity index (χ0) is 9.56. The molecule has 0 fully saturated rings. The van der Waals surface area contributed by atoms with Crippen molar-refractivity contribution in [3.8, 4) is 0 Å². The largest absolute Gasteiger partial charge is 0.368 e. The first-order valence-electron chi connectivity index (χ1n) is 3.35. The molecule has 0 rings (SSSR count). The molecule has 1 amide bonds. The fraction of sp³-hybridized carbons (Fsp3) is 0.500. The molecule has 0 saturated carbocycles. The van der Waals surface area contributed by atoms with Gasteiger partial charge in [-0.15, -0.1) is 0 Å². The van der Waals surface area contributed by atoms with E-state index >= 15 is 0 Å². The number of nitrogens with two attached hydrogens (primary N) is 1. The van der Waals surface area contributed by atoms with Crippen molar-refractivity contribution in [2.45, 2.75) is 13.8 Å². The first-order valence-corrected chi connectivity index (χ1v) is 3.76. The van der Waals surface area contributed by atoms with Gasteiger partial charge in [-0.1, -0.05) is 0 Å². The molecule has 0 heterocycles. The summed E-state index contributed by atoms with van der Waals surface area (Å²) in [7, 11) is 0. The van der Waals surface area contributed by atoms with Crippen molar-refractivity contribution in [3.63, 3.8) is 0 Å². The van der Waals surface area contributed by atoms with Gasteiger partial charge < -0.3 is 11.1 Å². The monoisotopic (exact) mass is 188 g/mol. The second-order valence-corrected chi connectivity index (χ2v) is 2.73. The molecule has 12 heavy (non-hydrogen) atoms. The normalized spacial score (nSPS) is 8.50. The van der Waals surface area contributed by atoms with Crippen molar-refractivity contribution in [1.29, 1.82) is 0 Å². The highest BCUT2D eigenvalue weighted by Crippen LogP contribution is 1.71. The van der Waals surface area contributed by atoms with Crippen molar-refractivity contribution in [2.75, 3.05) is 6.54 Å². The van der Waals surface area contributed by atoms with Crippen molar-refractivity contribution >= 4 is 28.9 Å². The Labute approximate surface area is 76.4 Å². The second-order valence-electron chi connectivity index (χ2n) is 2.32. The lowest BCUT2D eigenvalue weighted by molar-refractivity contribution is -0.116. The molecule has 0 unspecified atom stereocenters. The molecule has 0 aliphatic carbocycles. The molecular weight excluding hydrogens is 176 g/mol. The number of nitrogens with zero attached hydrogens (tertiary/aromatic N) is 1. The molecule has 4 N–H and O–H groups in total. The molecule has 0 aromatic rings. The zero-order valence-corrected chi connectivity index (χ0v) is 7.86. The van der Waals surface area contributed by atoms with Gasteiger partial charge in [0.15, 0.2) is 5.11 Å². The Hall–Kier alpha value is -1.17. The highest BCUT2D eigenvalue weighted by atomic mass is 32.1. The Kier molecular flexibility index (Phi) is 4.94. The molecule has 6 heteroatoms. The first kappa shape index (κ1) is 10.8. The number of carbonyl (C=O) groups excluding carboxylic acids is 1. The van der Waals surface area contributed by atoms with Crippen LogP contribution in [-0.2, 0) is 4.79 Å². The third-order valence-electron chi connectivity index (χ3n) is 0.804. The van der Waals surface area contributed by atoms with Crippen LogP contribution in [0.15, 0.2) is 5.10 Å². The van der Waals surface area contributed by atoms with E-state index in [1.165, 1.54) is 0 Å². The van der Waals surface area contributed by atoms with Crippen LogP contribution < -0.4 is 16.5 Å². The van der Waals surface area contributed by atoms with Gasteiger partial charge in [-0.3, -0.25) is 10.2 Å². The highest BCUT2D eigenvalue weighted by Gasteiger charge is 1.95. The molecule has 0 aliphatic rings. The Bertz CT molecular complexity index is 210. The average Bonchev–Trinajstić information content (AvgIpc) is 1.96. The lowest BCUT2D eigenvalue weighted by Crippen LogP contribution is -2.38. The van der Waals surface area contributed by atoms with Crippen LogP contribution in [-0.4, -0.2) is 23.3 Å². The third kappa shape index (κ3) is 6.94. The predicted octanol–water partition coefficient (Wildman–Crippen LogP) is -0.668. The van der Waals surface area contributed by atoms with Gasteiger partial charge in [-0.2, -0.15) is 5.10 Å². The van der Waals surface area contributed by atoms with Crippen LogP contribution in [0.25, 0.3) is 0 Å². The molecular formula is C6H12N4OS. The zero-order valence-electron chi connectivity index (χ0n) is 7.05. The summed E-state index contributed by atoms with van der Waals surface area (Å²) in [4.78, 5) is 10.3. The van der Waals surface area contributed by atoms with E-state index in [2.05, 4.69) is 15.8 Å². The minimum Gasteiger partial charge on any atom is -0.368 e. The van der Waals surface area contributed by atoms with E-state index in [0.29, 0.717) is 0 Å². The molecule has 68 valence electrons. The maximum atomic E-state index is 10.3. The van der Waals surface area contributed by atoms with Gasteiger partial charge >= 0.3 is 0 Å². The molecule has 0 aliphatic heterocycles. The summed E-state index contributed by atoms with van der Waals surface area (Å²) in [6, 6.07) is 0. The topological polar surface area (TPSA) is 79.5 Å². The number of amides is 1. The van der Waals surface area contributed by atoms with Gasteiger partial charge in [0.2, 0.25) is 5.91 Å². The number of hydrogen-bond acceptors (Lipinski definition) is 3. The van der Waals surface area contributed by atoms with Crippen molar-refractivity contribution in [3.05, 3.63) is 0 Å². The molecule has 0 atom stereocenters. The van der Waals surface area contributed by atoms with Crippen LogP contribution in [0, 0.1) is 0 Å². The van der Waals surface area contributed by atoms with E-state index in [4.69, 9.17) is 18.0 Å². The summed E-state index contributed by atoms with van der Waals surface area (Å²) in [5, 5.41) is 6.68. The first-order chi connectivity index (χ1) is 5.52. The molecule has 0 bridgehead atoms. The van der Waals surface area contributed by atoms with Crippen LogP contribution in [0.3, 0.4) is 0 Å². The fourth-order valence-electron chi connectivity index (χ4n) is 0.369. The Morgan fingerprint density at radius 1 is 1.58 bits per heavy atom. The quantitative estimate of drug-likeness (QED) is 0.312.